The molecule has 6 heteroatoms. The van der Waals surface area contributed by atoms with Crippen molar-refractivity contribution in [2.24, 2.45) is 0 Å². The fraction of sp³-hybridized carbons (Fsp3) is 0.250. The van der Waals surface area contributed by atoms with Gasteiger partial charge in [-0.05, 0) is 23.8 Å². The van der Waals surface area contributed by atoms with Gasteiger partial charge in [0.25, 0.3) is 0 Å². The summed E-state index contributed by atoms with van der Waals surface area (Å²) in [4.78, 5) is 10.5. The molecular formula is C12H15NO4S. The molecule has 0 fully saturated rings. The van der Waals surface area contributed by atoms with Gasteiger partial charge in [0.1, 0.15) is 0 Å². The van der Waals surface area contributed by atoms with Crippen LogP contribution in [0.25, 0.3) is 6.08 Å². The first-order chi connectivity index (χ1) is 8.37. The van der Waals surface area contributed by atoms with Crippen molar-refractivity contribution in [1.82, 2.24) is 4.31 Å². The van der Waals surface area contributed by atoms with Crippen LogP contribution in [-0.2, 0) is 14.8 Å². The van der Waals surface area contributed by atoms with Gasteiger partial charge < -0.3 is 5.11 Å². The van der Waals surface area contributed by atoms with E-state index in [1.54, 1.807) is 19.1 Å². The first-order valence-electron chi connectivity index (χ1n) is 5.35. The zero-order chi connectivity index (χ0) is 13.8. The molecule has 0 spiro atoms. The summed E-state index contributed by atoms with van der Waals surface area (Å²) in [6.07, 6.45) is 2.32. The van der Waals surface area contributed by atoms with E-state index >= 15 is 0 Å². The van der Waals surface area contributed by atoms with Gasteiger partial charge in [0.2, 0.25) is 10.0 Å². The van der Waals surface area contributed by atoms with Crippen LogP contribution >= 0.6 is 0 Å². The molecule has 1 aromatic carbocycles. The topological polar surface area (TPSA) is 74.7 Å². The van der Waals surface area contributed by atoms with Crippen molar-refractivity contribution in [3.8, 4) is 0 Å². The minimum Gasteiger partial charge on any atom is -0.478 e. The van der Waals surface area contributed by atoms with Gasteiger partial charge in [-0.2, -0.15) is 0 Å². The van der Waals surface area contributed by atoms with Gasteiger partial charge in [-0.1, -0.05) is 19.1 Å². The molecule has 0 bridgehead atoms. The molecule has 0 saturated heterocycles. The van der Waals surface area contributed by atoms with E-state index in [1.165, 1.54) is 29.6 Å². The first kappa shape index (κ1) is 14.4. The van der Waals surface area contributed by atoms with Gasteiger partial charge in [0.05, 0.1) is 4.90 Å². The Morgan fingerprint density at radius 2 is 2.11 bits per heavy atom. The number of carboxylic acid groups (broad SMARTS) is 1. The van der Waals surface area contributed by atoms with Gasteiger partial charge in [0.15, 0.2) is 0 Å². The Balaban J connectivity index is 3.13. The van der Waals surface area contributed by atoms with Gasteiger partial charge >= 0.3 is 5.97 Å². The predicted molar refractivity (Wildman–Crippen MR) is 68.6 cm³/mol. The third-order valence-corrected chi connectivity index (χ3v) is 4.36. The highest BCUT2D eigenvalue weighted by Gasteiger charge is 2.18. The summed E-state index contributed by atoms with van der Waals surface area (Å²) in [5.41, 5.74) is 0.531. The quantitative estimate of drug-likeness (QED) is 0.820. The molecule has 0 aliphatic carbocycles. The average Bonchev–Trinajstić information content (AvgIpc) is 2.35. The van der Waals surface area contributed by atoms with E-state index in [1.807, 2.05) is 0 Å². The fourth-order valence-electron chi connectivity index (χ4n) is 1.30. The van der Waals surface area contributed by atoms with Crippen LogP contribution in [0, 0.1) is 0 Å². The largest absolute Gasteiger partial charge is 0.478 e. The molecule has 0 radical (unpaired) electrons. The molecule has 0 unspecified atom stereocenters. The average molecular weight is 269 g/mol. The van der Waals surface area contributed by atoms with Crippen molar-refractivity contribution in [1.29, 1.82) is 0 Å². The van der Waals surface area contributed by atoms with E-state index < -0.39 is 16.0 Å². The van der Waals surface area contributed by atoms with Gasteiger partial charge in [0, 0.05) is 19.7 Å². The Kier molecular flexibility index (Phi) is 4.63. The summed E-state index contributed by atoms with van der Waals surface area (Å²) in [7, 11) is -2.00. The minimum atomic E-state index is -3.50. The Morgan fingerprint density at radius 3 is 2.67 bits per heavy atom. The number of rotatable bonds is 5. The lowest BCUT2D eigenvalue weighted by atomic mass is 10.2. The summed E-state index contributed by atoms with van der Waals surface area (Å²) in [6.45, 7) is 2.11. The summed E-state index contributed by atoms with van der Waals surface area (Å²) < 4.78 is 25.3. The zero-order valence-corrected chi connectivity index (χ0v) is 11.0. The van der Waals surface area contributed by atoms with Crippen LogP contribution in [0.4, 0.5) is 0 Å². The highest BCUT2D eigenvalue weighted by molar-refractivity contribution is 7.89. The van der Waals surface area contributed by atoms with Crippen molar-refractivity contribution in [3.63, 3.8) is 0 Å². The van der Waals surface area contributed by atoms with E-state index in [4.69, 9.17) is 5.11 Å². The molecule has 5 nitrogen and oxygen atoms in total. The molecule has 1 N–H and O–H groups in total. The monoisotopic (exact) mass is 269 g/mol. The zero-order valence-electron chi connectivity index (χ0n) is 10.2. The lowest BCUT2D eigenvalue weighted by Gasteiger charge is -2.14. The standard InChI is InChI=1S/C12H15NO4S/c1-3-13(2)18(16,17)11-6-4-5-10(9-11)7-8-12(14)15/h4-9H,3H2,1-2H3,(H,14,15). The van der Waals surface area contributed by atoms with E-state index in [0.717, 1.165) is 6.08 Å². The molecule has 0 amide bonds. The van der Waals surface area contributed by atoms with Crippen LogP contribution in [0.5, 0.6) is 0 Å². The maximum atomic E-state index is 12.0. The van der Waals surface area contributed by atoms with Crippen LogP contribution in [0.3, 0.4) is 0 Å². The van der Waals surface area contributed by atoms with E-state index in [2.05, 4.69) is 0 Å². The van der Waals surface area contributed by atoms with Gasteiger partial charge in [-0.15, -0.1) is 0 Å². The summed E-state index contributed by atoms with van der Waals surface area (Å²) in [6, 6.07) is 6.16. The van der Waals surface area contributed by atoms with Crippen LogP contribution in [0.2, 0.25) is 0 Å². The van der Waals surface area contributed by atoms with Gasteiger partial charge in [-0.3, -0.25) is 0 Å². The second-order valence-corrected chi connectivity index (χ2v) is 5.71. The third kappa shape index (κ3) is 3.41. The Hall–Kier alpha value is -1.66. The number of carbonyl (C=O) groups is 1. The molecule has 0 aliphatic rings. The van der Waals surface area contributed by atoms with E-state index in [9.17, 15) is 13.2 Å². The highest BCUT2D eigenvalue weighted by Crippen LogP contribution is 2.16. The number of hydrogen-bond acceptors (Lipinski definition) is 3. The van der Waals surface area contributed by atoms with Crippen molar-refractivity contribution < 1.29 is 18.3 Å². The van der Waals surface area contributed by atoms with Gasteiger partial charge in [-0.25, -0.2) is 17.5 Å². The summed E-state index contributed by atoms with van der Waals surface area (Å²) >= 11 is 0. The second-order valence-electron chi connectivity index (χ2n) is 3.66. The maximum Gasteiger partial charge on any atom is 0.328 e. The lowest BCUT2D eigenvalue weighted by molar-refractivity contribution is -0.131. The van der Waals surface area contributed by atoms with Crippen molar-refractivity contribution in [3.05, 3.63) is 35.9 Å². The minimum absolute atomic E-state index is 0.152. The number of hydrogen-bond donors (Lipinski definition) is 1. The number of benzene rings is 1. The number of aliphatic carboxylic acids is 1. The molecule has 1 rings (SSSR count). The normalized spacial score (nSPS) is 12.2. The second kappa shape index (κ2) is 5.79. The molecule has 0 saturated carbocycles. The first-order valence-corrected chi connectivity index (χ1v) is 6.79. The number of nitrogens with zero attached hydrogens (tertiary/aromatic N) is 1. The van der Waals surface area contributed by atoms with Crippen molar-refractivity contribution in [2.45, 2.75) is 11.8 Å². The lowest BCUT2D eigenvalue weighted by Crippen LogP contribution is -2.26. The predicted octanol–water partition coefficient (Wildman–Crippen LogP) is 1.42. The van der Waals surface area contributed by atoms with Crippen LogP contribution in [0.1, 0.15) is 12.5 Å². The number of carboxylic acids is 1. The molecule has 0 atom stereocenters. The highest BCUT2D eigenvalue weighted by atomic mass is 32.2. The van der Waals surface area contributed by atoms with Crippen molar-refractivity contribution in [2.75, 3.05) is 13.6 Å². The SMILES string of the molecule is CCN(C)S(=O)(=O)c1cccc(C=CC(=O)O)c1. The summed E-state index contributed by atoms with van der Waals surface area (Å²) in [5, 5.41) is 8.52. The Bertz CT molecular complexity index is 563. The maximum absolute atomic E-state index is 12.0. The third-order valence-electron chi connectivity index (χ3n) is 2.43. The molecule has 18 heavy (non-hydrogen) atoms. The number of sulfonamides is 1. The van der Waals surface area contributed by atoms with Crippen LogP contribution in [0.15, 0.2) is 35.2 Å². The molecule has 0 aliphatic heterocycles. The smallest absolute Gasteiger partial charge is 0.328 e. The summed E-state index contributed by atoms with van der Waals surface area (Å²) in [5.74, 6) is -1.08. The van der Waals surface area contributed by atoms with Crippen molar-refractivity contribution >= 4 is 22.1 Å². The van der Waals surface area contributed by atoms with Crippen LogP contribution in [-0.4, -0.2) is 37.4 Å². The Morgan fingerprint density at radius 1 is 1.44 bits per heavy atom. The molecular weight excluding hydrogens is 254 g/mol. The molecule has 1 aromatic rings. The molecule has 0 aromatic heterocycles. The molecule has 0 heterocycles. The Labute approximate surface area is 106 Å². The van der Waals surface area contributed by atoms with Crippen LogP contribution < -0.4 is 0 Å². The molecule has 98 valence electrons. The van der Waals surface area contributed by atoms with E-state index in [-0.39, 0.29) is 4.90 Å². The fourth-order valence-corrected chi connectivity index (χ4v) is 2.53. The van der Waals surface area contributed by atoms with E-state index in [0.29, 0.717) is 12.1 Å².